The summed E-state index contributed by atoms with van der Waals surface area (Å²) in [6.07, 6.45) is 6.57. The molecular weight excluding hydrogens is 347 g/mol. The highest BCUT2D eigenvalue weighted by Gasteiger charge is 2.55. The summed E-state index contributed by atoms with van der Waals surface area (Å²) in [5.74, 6) is -1.63. The molecule has 0 spiro atoms. The van der Waals surface area contributed by atoms with E-state index in [1.54, 1.807) is 0 Å². The second kappa shape index (κ2) is 9.19. The highest BCUT2D eigenvalue weighted by Crippen LogP contribution is 2.65. The quantitative estimate of drug-likeness (QED) is 0.540. The van der Waals surface area contributed by atoms with Crippen LogP contribution in [0.25, 0.3) is 0 Å². The van der Waals surface area contributed by atoms with Crippen molar-refractivity contribution < 1.29 is 19.4 Å². The van der Waals surface area contributed by atoms with E-state index in [1.165, 1.54) is 0 Å². The van der Waals surface area contributed by atoms with E-state index in [1.807, 2.05) is 44.2 Å². The van der Waals surface area contributed by atoms with E-state index >= 15 is 0 Å². The van der Waals surface area contributed by atoms with Crippen LogP contribution in [0.1, 0.15) is 70.8 Å². The SMILES string of the molecule is CCCC(CC)(C(C(=O)O)C1CCCCC1)P(=O)(O)Cc1ccccc1. The maximum atomic E-state index is 13.7. The third-order valence-electron chi connectivity index (χ3n) is 6.20. The molecule has 2 N–H and O–H groups in total. The van der Waals surface area contributed by atoms with Gasteiger partial charge in [-0.15, -0.1) is 0 Å². The molecule has 4 nitrogen and oxygen atoms in total. The molecule has 1 aliphatic carbocycles. The van der Waals surface area contributed by atoms with Crippen LogP contribution in [-0.2, 0) is 15.5 Å². The fourth-order valence-electron chi connectivity index (χ4n) is 4.95. The zero-order chi connectivity index (χ0) is 19.2. The fraction of sp³-hybridized carbons (Fsp3) is 0.667. The summed E-state index contributed by atoms with van der Waals surface area (Å²) >= 11 is 0. The molecule has 1 saturated carbocycles. The van der Waals surface area contributed by atoms with Crippen LogP contribution >= 0.6 is 7.37 Å². The Labute approximate surface area is 157 Å². The van der Waals surface area contributed by atoms with Gasteiger partial charge in [0.2, 0.25) is 7.37 Å². The number of hydrogen-bond acceptors (Lipinski definition) is 2. The van der Waals surface area contributed by atoms with Crippen LogP contribution in [0, 0.1) is 11.8 Å². The van der Waals surface area contributed by atoms with Crippen molar-refractivity contribution in [3.05, 3.63) is 35.9 Å². The summed E-state index contributed by atoms with van der Waals surface area (Å²) in [6, 6.07) is 9.31. The number of carbonyl (C=O) groups is 1. The van der Waals surface area contributed by atoms with E-state index in [2.05, 4.69) is 0 Å². The first-order valence-corrected chi connectivity index (χ1v) is 11.8. The van der Waals surface area contributed by atoms with Crippen molar-refractivity contribution in [3.63, 3.8) is 0 Å². The van der Waals surface area contributed by atoms with Crippen LogP contribution in [0.5, 0.6) is 0 Å². The van der Waals surface area contributed by atoms with E-state index in [0.29, 0.717) is 19.3 Å². The molecule has 0 amide bonds. The van der Waals surface area contributed by atoms with Crippen molar-refractivity contribution in [1.82, 2.24) is 0 Å². The van der Waals surface area contributed by atoms with Crippen LogP contribution in [0.2, 0.25) is 0 Å². The van der Waals surface area contributed by atoms with Gasteiger partial charge in [-0.05, 0) is 37.2 Å². The standard InChI is InChI=1S/C21H33O4P/c1-3-15-21(4-2,19(20(22)23)18-13-9-6-10-14-18)26(24,25)16-17-11-7-5-8-12-17/h5,7-8,11-12,18-19H,3-4,6,9-10,13-16H2,1-2H3,(H,22,23)(H,24,25). The minimum atomic E-state index is -3.73. The van der Waals surface area contributed by atoms with Crippen LogP contribution < -0.4 is 0 Å². The minimum absolute atomic E-state index is 0.00370. The molecule has 2 rings (SSSR count). The highest BCUT2D eigenvalue weighted by atomic mass is 31.2. The molecule has 0 radical (unpaired) electrons. The van der Waals surface area contributed by atoms with Gasteiger partial charge in [0.15, 0.2) is 0 Å². The molecular formula is C21H33O4P. The van der Waals surface area contributed by atoms with Gasteiger partial charge >= 0.3 is 5.97 Å². The number of benzene rings is 1. The molecule has 1 aromatic rings. The number of aliphatic carboxylic acids is 1. The predicted octanol–water partition coefficient (Wildman–Crippen LogP) is 5.69. The normalized spacial score (nSPS) is 21.5. The molecule has 1 aromatic carbocycles. The molecule has 0 bridgehead atoms. The summed E-state index contributed by atoms with van der Waals surface area (Å²) < 4.78 is 13.7. The highest BCUT2D eigenvalue weighted by molar-refractivity contribution is 7.59. The van der Waals surface area contributed by atoms with Crippen molar-refractivity contribution in [1.29, 1.82) is 0 Å². The van der Waals surface area contributed by atoms with Gasteiger partial charge in [-0.1, -0.05) is 69.9 Å². The molecule has 26 heavy (non-hydrogen) atoms. The van der Waals surface area contributed by atoms with E-state index in [9.17, 15) is 19.4 Å². The van der Waals surface area contributed by atoms with Gasteiger partial charge in [0, 0.05) is 0 Å². The van der Waals surface area contributed by atoms with Gasteiger partial charge in [0.25, 0.3) is 0 Å². The summed E-state index contributed by atoms with van der Waals surface area (Å²) in [5.41, 5.74) is 0.806. The first-order valence-electron chi connectivity index (χ1n) is 9.96. The van der Waals surface area contributed by atoms with Gasteiger partial charge < -0.3 is 10.00 Å². The third-order valence-corrected chi connectivity index (χ3v) is 9.20. The topological polar surface area (TPSA) is 74.6 Å². The smallest absolute Gasteiger partial charge is 0.307 e. The largest absolute Gasteiger partial charge is 0.481 e. The first-order chi connectivity index (χ1) is 12.4. The lowest BCUT2D eigenvalue weighted by Crippen LogP contribution is -2.46. The summed E-state index contributed by atoms with van der Waals surface area (Å²) in [6.45, 7) is 3.87. The maximum absolute atomic E-state index is 13.7. The average molecular weight is 380 g/mol. The Balaban J connectivity index is 2.46. The Hall–Kier alpha value is -1.12. The summed E-state index contributed by atoms with van der Waals surface area (Å²) in [5, 5.41) is 9.07. The molecule has 3 unspecified atom stereocenters. The predicted molar refractivity (Wildman–Crippen MR) is 106 cm³/mol. The number of rotatable bonds is 9. The first kappa shape index (κ1) is 21.2. The second-order valence-electron chi connectivity index (χ2n) is 7.77. The lowest BCUT2D eigenvalue weighted by molar-refractivity contribution is -0.146. The van der Waals surface area contributed by atoms with Gasteiger partial charge in [-0.25, -0.2) is 0 Å². The number of hydrogen-bond donors (Lipinski definition) is 2. The summed E-state index contributed by atoms with van der Waals surface area (Å²) in [7, 11) is -3.73. The summed E-state index contributed by atoms with van der Waals surface area (Å²) in [4.78, 5) is 23.6. The minimum Gasteiger partial charge on any atom is -0.481 e. The Bertz CT molecular complexity index is 624. The van der Waals surface area contributed by atoms with Crippen molar-refractivity contribution in [3.8, 4) is 0 Å². The molecule has 3 atom stereocenters. The number of carboxylic acids is 1. The van der Waals surface area contributed by atoms with E-state index in [-0.39, 0.29) is 12.1 Å². The van der Waals surface area contributed by atoms with Gasteiger partial charge in [0.1, 0.15) is 0 Å². The Kier molecular flexibility index (Phi) is 7.49. The van der Waals surface area contributed by atoms with Crippen molar-refractivity contribution in [2.45, 2.75) is 76.5 Å². The lowest BCUT2D eigenvalue weighted by atomic mass is 9.71. The molecule has 0 aliphatic heterocycles. The van der Waals surface area contributed by atoms with Crippen LogP contribution in [0.15, 0.2) is 30.3 Å². The molecule has 0 aromatic heterocycles. The van der Waals surface area contributed by atoms with Crippen LogP contribution in [0.3, 0.4) is 0 Å². The molecule has 0 heterocycles. The maximum Gasteiger partial charge on any atom is 0.307 e. The van der Waals surface area contributed by atoms with Gasteiger partial charge in [0.05, 0.1) is 17.2 Å². The third kappa shape index (κ3) is 4.40. The zero-order valence-electron chi connectivity index (χ0n) is 16.1. The Morgan fingerprint density at radius 2 is 1.81 bits per heavy atom. The Morgan fingerprint density at radius 3 is 2.31 bits per heavy atom. The van der Waals surface area contributed by atoms with E-state index < -0.39 is 24.4 Å². The van der Waals surface area contributed by atoms with Crippen molar-refractivity contribution >= 4 is 13.3 Å². The lowest BCUT2D eigenvalue weighted by Gasteiger charge is -2.45. The molecule has 5 heteroatoms. The fourth-order valence-corrected chi connectivity index (χ4v) is 7.79. The van der Waals surface area contributed by atoms with Crippen molar-refractivity contribution in [2.75, 3.05) is 0 Å². The van der Waals surface area contributed by atoms with Crippen molar-refractivity contribution in [2.24, 2.45) is 11.8 Å². The molecule has 0 saturated heterocycles. The Morgan fingerprint density at radius 1 is 1.19 bits per heavy atom. The molecule has 1 aliphatic rings. The molecule has 1 fully saturated rings. The van der Waals surface area contributed by atoms with E-state index in [4.69, 9.17) is 0 Å². The number of carboxylic acid groups (broad SMARTS) is 1. The second-order valence-corrected chi connectivity index (χ2v) is 10.4. The monoisotopic (exact) mass is 380 g/mol. The van der Waals surface area contributed by atoms with Gasteiger partial charge in [-0.2, -0.15) is 0 Å². The zero-order valence-corrected chi connectivity index (χ0v) is 17.0. The average Bonchev–Trinajstić information content (AvgIpc) is 2.62. The van der Waals surface area contributed by atoms with Gasteiger partial charge in [-0.3, -0.25) is 9.36 Å². The van der Waals surface area contributed by atoms with Crippen LogP contribution in [0.4, 0.5) is 0 Å². The van der Waals surface area contributed by atoms with E-state index in [0.717, 1.165) is 37.7 Å². The van der Waals surface area contributed by atoms with Crippen LogP contribution in [-0.4, -0.2) is 21.1 Å². The molecule has 146 valence electrons.